The van der Waals surface area contributed by atoms with Gasteiger partial charge in [0.05, 0.1) is 29.6 Å². The third-order valence-electron chi connectivity index (χ3n) is 5.90. The van der Waals surface area contributed by atoms with E-state index in [1.54, 1.807) is 53.4 Å². The van der Waals surface area contributed by atoms with Gasteiger partial charge in [0, 0.05) is 43.9 Å². The highest BCUT2D eigenvalue weighted by atomic mass is 35.5. The van der Waals surface area contributed by atoms with Crippen LogP contribution in [0.25, 0.3) is 0 Å². The van der Waals surface area contributed by atoms with Crippen LogP contribution in [0.5, 0.6) is 0 Å². The van der Waals surface area contributed by atoms with Gasteiger partial charge in [0.2, 0.25) is 0 Å². The zero-order chi connectivity index (χ0) is 25.7. The average molecular weight is 523 g/mol. The van der Waals surface area contributed by atoms with Gasteiger partial charge in [-0.3, -0.25) is 9.69 Å². The Labute approximate surface area is 211 Å². The summed E-state index contributed by atoms with van der Waals surface area (Å²) in [5.41, 5.74) is 5.03. The highest BCUT2D eigenvalue weighted by molar-refractivity contribution is 6.33. The Kier molecular flexibility index (Phi) is 8.30. The lowest BCUT2D eigenvalue weighted by Gasteiger charge is -2.35. The number of aliphatic imine (C=N–C) groups is 1. The van der Waals surface area contributed by atoms with Crippen molar-refractivity contribution in [1.82, 2.24) is 9.80 Å². The van der Waals surface area contributed by atoms with Crippen LogP contribution < -0.4 is 5.73 Å². The van der Waals surface area contributed by atoms with Crippen LogP contribution in [-0.4, -0.2) is 79.8 Å². The summed E-state index contributed by atoms with van der Waals surface area (Å²) in [4.78, 5) is 21.3. The van der Waals surface area contributed by atoms with Crippen LogP contribution in [0.15, 0.2) is 65.3 Å². The minimum atomic E-state index is -4.71. The highest BCUT2D eigenvalue weighted by Crippen LogP contribution is 2.27. The van der Waals surface area contributed by atoms with Crippen molar-refractivity contribution in [2.24, 2.45) is 10.7 Å². The van der Waals surface area contributed by atoms with Crippen LogP contribution in [0.3, 0.4) is 0 Å². The van der Waals surface area contributed by atoms with Crippen molar-refractivity contribution in [2.75, 3.05) is 45.9 Å². The van der Waals surface area contributed by atoms with Gasteiger partial charge in [-0.1, -0.05) is 35.9 Å². The van der Waals surface area contributed by atoms with Crippen LogP contribution in [0.2, 0.25) is 5.02 Å². The topological polar surface area (TPSA) is 80.4 Å². The van der Waals surface area contributed by atoms with E-state index in [-0.39, 0.29) is 22.9 Å². The molecule has 2 aliphatic rings. The molecule has 0 aromatic heterocycles. The number of para-hydroxylation sites is 1. The molecule has 2 aromatic rings. The molecule has 7 nitrogen and oxygen atoms in total. The minimum absolute atomic E-state index is 0.0260. The van der Waals surface area contributed by atoms with E-state index in [1.807, 2.05) is 0 Å². The van der Waals surface area contributed by atoms with Crippen LogP contribution in [0.4, 0.5) is 18.9 Å². The first-order valence-electron chi connectivity index (χ1n) is 11.4. The van der Waals surface area contributed by atoms with E-state index in [1.165, 1.54) is 0 Å². The van der Waals surface area contributed by atoms with E-state index in [9.17, 15) is 18.0 Å². The number of nitrogens with two attached hydrogens (primary N) is 1. The van der Waals surface area contributed by atoms with Crippen molar-refractivity contribution in [3.05, 3.63) is 76.5 Å². The summed E-state index contributed by atoms with van der Waals surface area (Å²) in [5, 5.41) is 0.283. The first kappa shape index (κ1) is 26.2. The van der Waals surface area contributed by atoms with Crippen molar-refractivity contribution in [2.45, 2.75) is 12.5 Å². The number of hydrogen-bond donors (Lipinski definition) is 1. The summed E-state index contributed by atoms with van der Waals surface area (Å²) in [7, 11) is 0. The Hall–Kier alpha value is -2.92. The van der Waals surface area contributed by atoms with Gasteiger partial charge in [-0.05, 0) is 30.3 Å². The lowest BCUT2D eigenvalue weighted by molar-refractivity contribution is -0.0925. The third kappa shape index (κ3) is 6.64. The van der Waals surface area contributed by atoms with Gasteiger partial charge < -0.3 is 20.1 Å². The first-order valence-corrected chi connectivity index (χ1v) is 11.8. The van der Waals surface area contributed by atoms with Crippen LogP contribution in [0.1, 0.15) is 15.9 Å². The molecule has 0 bridgehead atoms. The molecule has 0 saturated carbocycles. The largest absolute Gasteiger partial charge is 0.430 e. The van der Waals surface area contributed by atoms with Gasteiger partial charge in [0.25, 0.3) is 5.91 Å². The second kappa shape index (κ2) is 11.4. The smallest absolute Gasteiger partial charge is 0.395 e. The molecule has 2 aliphatic heterocycles. The van der Waals surface area contributed by atoms with Crippen molar-refractivity contribution in [3.63, 3.8) is 0 Å². The first-order chi connectivity index (χ1) is 17.2. The third-order valence-corrected chi connectivity index (χ3v) is 6.22. The standard InChI is InChI=1S/C25H26ClF3N4O3/c26-19-3-1-2-4-20(19)31-21(15-22(30)25(27,28)29)17-5-7-18(8-6-17)24(34)33-11-9-32(10-12-33)16-23-35-13-14-36-23/h1-8,15,23H,9-14,16,30H2/b22-15-,31-21?. The predicted molar refractivity (Wildman–Crippen MR) is 130 cm³/mol. The summed E-state index contributed by atoms with van der Waals surface area (Å²) < 4.78 is 50.3. The van der Waals surface area contributed by atoms with E-state index in [0.29, 0.717) is 62.8 Å². The fraction of sp³-hybridized carbons (Fsp3) is 0.360. The molecule has 0 aliphatic carbocycles. The van der Waals surface area contributed by atoms with E-state index >= 15 is 0 Å². The van der Waals surface area contributed by atoms with E-state index in [4.69, 9.17) is 26.8 Å². The number of nitrogens with zero attached hydrogens (tertiary/aromatic N) is 3. The molecular weight excluding hydrogens is 497 g/mol. The summed E-state index contributed by atoms with van der Waals surface area (Å²) in [6, 6.07) is 12.8. The number of amides is 1. The molecule has 4 rings (SSSR count). The van der Waals surface area contributed by atoms with E-state index in [0.717, 1.165) is 6.08 Å². The second-order valence-electron chi connectivity index (χ2n) is 8.39. The molecule has 2 saturated heterocycles. The predicted octanol–water partition coefficient (Wildman–Crippen LogP) is 4.00. The SMILES string of the molecule is N/C(=C\C(=Nc1ccccc1Cl)c1ccc(C(=O)N2CCN(CC3OCCO3)CC2)cc1)C(F)(F)F. The van der Waals surface area contributed by atoms with Gasteiger partial charge >= 0.3 is 6.18 Å². The quantitative estimate of drug-likeness (QED) is 0.580. The van der Waals surface area contributed by atoms with Crippen LogP contribution >= 0.6 is 11.6 Å². The fourth-order valence-electron chi connectivity index (χ4n) is 3.90. The van der Waals surface area contributed by atoms with Crippen molar-refractivity contribution < 1.29 is 27.4 Å². The molecule has 2 aromatic carbocycles. The number of hydrogen-bond acceptors (Lipinski definition) is 6. The lowest BCUT2D eigenvalue weighted by atomic mass is 10.0. The summed E-state index contributed by atoms with van der Waals surface area (Å²) in [6.45, 7) is 4.37. The maximum absolute atomic E-state index is 13.1. The Morgan fingerprint density at radius 2 is 1.64 bits per heavy atom. The molecule has 11 heteroatoms. The number of halogens is 4. The fourth-order valence-corrected chi connectivity index (χ4v) is 4.08. The Bertz CT molecular complexity index is 1120. The molecule has 0 spiro atoms. The Morgan fingerprint density at radius 1 is 1.03 bits per heavy atom. The van der Waals surface area contributed by atoms with Crippen molar-refractivity contribution >= 4 is 28.9 Å². The molecular formula is C25H26ClF3N4O3. The Balaban J connectivity index is 1.48. The van der Waals surface area contributed by atoms with Crippen molar-refractivity contribution in [1.29, 1.82) is 0 Å². The normalized spacial score (nSPS) is 18.6. The number of benzene rings is 2. The zero-order valence-corrected chi connectivity index (χ0v) is 20.1. The summed E-state index contributed by atoms with van der Waals surface area (Å²) in [5.74, 6) is -0.149. The molecule has 2 fully saturated rings. The molecule has 0 unspecified atom stereocenters. The maximum atomic E-state index is 13.1. The summed E-state index contributed by atoms with van der Waals surface area (Å²) in [6.07, 6.45) is -4.17. The van der Waals surface area contributed by atoms with Gasteiger partial charge in [-0.25, -0.2) is 4.99 Å². The van der Waals surface area contributed by atoms with Gasteiger partial charge in [0.15, 0.2) is 6.29 Å². The van der Waals surface area contributed by atoms with Crippen LogP contribution in [-0.2, 0) is 9.47 Å². The second-order valence-corrected chi connectivity index (χ2v) is 8.79. The molecule has 0 atom stereocenters. The Morgan fingerprint density at radius 3 is 2.25 bits per heavy atom. The monoisotopic (exact) mass is 522 g/mol. The maximum Gasteiger partial charge on any atom is 0.430 e. The molecule has 2 heterocycles. The van der Waals surface area contributed by atoms with Crippen LogP contribution in [0, 0.1) is 0 Å². The molecule has 36 heavy (non-hydrogen) atoms. The minimum Gasteiger partial charge on any atom is -0.395 e. The number of carbonyl (C=O) groups excluding carboxylic acids is 1. The number of ether oxygens (including phenoxy) is 2. The number of piperazine rings is 1. The summed E-state index contributed by atoms with van der Waals surface area (Å²) >= 11 is 6.14. The van der Waals surface area contributed by atoms with E-state index < -0.39 is 11.9 Å². The van der Waals surface area contributed by atoms with Crippen molar-refractivity contribution in [3.8, 4) is 0 Å². The molecule has 0 radical (unpaired) electrons. The molecule has 2 N–H and O–H groups in total. The van der Waals surface area contributed by atoms with Gasteiger partial charge in [-0.15, -0.1) is 0 Å². The van der Waals surface area contributed by atoms with E-state index in [2.05, 4.69) is 9.89 Å². The molecule has 192 valence electrons. The zero-order valence-electron chi connectivity index (χ0n) is 19.4. The average Bonchev–Trinajstić information content (AvgIpc) is 3.37. The number of allylic oxidation sites excluding steroid dienone is 2. The highest BCUT2D eigenvalue weighted by Gasteiger charge is 2.32. The van der Waals surface area contributed by atoms with Gasteiger partial charge in [0.1, 0.15) is 5.70 Å². The molecule has 1 amide bonds. The van der Waals surface area contributed by atoms with Gasteiger partial charge in [-0.2, -0.15) is 13.2 Å². The number of rotatable bonds is 6. The number of alkyl halides is 3. The lowest BCUT2D eigenvalue weighted by Crippen LogP contribution is -2.50. The number of carbonyl (C=O) groups is 1.